The Balaban J connectivity index is 2.21. The lowest BCUT2D eigenvalue weighted by Crippen LogP contribution is -2.31. The quantitative estimate of drug-likeness (QED) is 0.273. The van der Waals surface area contributed by atoms with E-state index in [2.05, 4.69) is 22.4 Å². The molecule has 2 rings (SSSR count). The highest BCUT2D eigenvalue weighted by atomic mass is 35.5. The van der Waals surface area contributed by atoms with Crippen molar-refractivity contribution in [1.82, 2.24) is 10.7 Å². The number of hydrogen-bond donors (Lipinski definition) is 2. The summed E-state index contributed by atoms with van der Waals surface area (Å²) in [5, 5.41) is 8.29. The van der Waals surface area contributed by atoms with Gasteiger partial charge in [0.1, 0.15) is 6.61 Å². The molecule has 2 aromatic rings. The van der Waals surface area contributed by atoms with Gasteiger partial charge in [-0.1, -0.05) is 29.8 Å². The summed E-state index contributed by atoms with van der Waals surface area (Å²) in [6.45, 7) is 6.94. The molecule has 0 radical (unpaired) electrons. The van der Waals surface area contributed by atoms with Crippen molar-refractivity contribution >= 4 is 35.1 Å². The molecule has 0 spiro atoms. The first kappa shape index (κ1) is 21.7. The zero-order valence-electron chi connectivity index (χ0n) is 16.0. The summed E-state index contributed by atoms with van der Waals surface area (Å²) >= 11 is 11.0. The average molecular weight is 418 g/mol. The first-order valence-corrected chi connectivity index (χ1v) is 9.62. The van der Waals surface area contributed by atoms with E-state index in [9.17, 15) is 0 Å². The molecule has 28 heavy (non-hydrogen) atoms. The van der Waals surface area contributed by atoms with Crippen LogP contribution in [-0.2, 0) is 13.0 Å². The molecule has 0 saturated heterocycles. The zero-order chi connectivity index (χ0) is 20.4. The Morgan fingerprint density at radius 1 is 1.29 bits per heavy atom. The second-order valence-electron chi connectivity index (χ2n) is 5.85. The number of nitrogens with one attached hydrogen (secondary N) is 2. The van der Waals surface area contributed by atoms with Crippen molar-refractivity contribution in [2.75, 3.05) is 13.7 Å². The predicted octanol–water partition coefficient (Wildman–Crippen LogP) is 4.47. The number of nitrogens with zero attached hydrogens (tertiary/aromatic N) is 1. The van der Waals surface area contributed by atoms with E-state index >= 15 is 0 Å². The van der Waals surface area contributed by atoms with Gasteiger partial charge in [0.05, 0.1) is 13.3 Å². The van der Waals surface area contributed by atoms with E-state index in [1.54, 1.807) is 13.3 Å². The third-order valence-corrected chi connectivity index (χ3v) is 4.24. The second kappa shape index (κ2) is 11.3. The van der Waals surface area contributed by atoms with Gasteiger partial charge in [-0.15, -0.1) is 6.58 Å². The Morgan fingerprint density at radius 2 is 2.04 bits per heavy atom. The number of rotatable bonds is 9. The summed E-state index contributed by atoms with van der Waals surface area (Å²) in [7, 11) is 1.61. The van der Waals surface area contributed by atoms with Gasteiger partial charge in [0.15, 0.2) is 16.6 Å². The molecule has 7 heteroatoms. The fraction of sp³-hybridized carbons (Fsp3) is 0.238. The van der Waals surface area contributed by atoms with E-state index in [-0.39, 0.29) is 0 Å². The number of thiocarbonyl (C=S) groups is 1. The highest BCUT2D eigenvalue weighted by Gasteiger charge is 2.12. The number of ether oxygens (including phenoxy) is 2. The summed E-state index contributed by atoms with van der Waals surface area (Å²) < 4.78 is 11.6. The standard InChI is InChI=1S/C21H24ClN3O2S/c1-4-6-17-11-16(13-24-25-21(28)23-5-2)12-19(26-3)20(17)27-14-15-7-9-18(22)10-8-15/h4,7-13H,1,5-6,14H2,2-3H3,(H2,23,25,28). The summed E-state index contributed by atoms with van der Waals surface area (Å²) in [5.41, 5.74) is 5.61. The van der Waals surface area contributed by atoms with Gasteiger partial charge < -0.3 is 14.8 Å². The van der Waals surface area contributed by atoms with Gasteiger partial charge in [-0.05, 0) is 61.0 Å². The number of hydrazone groups is 1. The highest BCUT2D eigenvalue weighted by Crippen LogP contribution is 2.34. The maximum atomic E-state index is 6.06. The van der Waals surface area contributed by atoms with Crippen LogP contribution in [0.3, 0.4) is 0 Å². The largest absolute Gasteiger partial charge is 0.493 e. The molecule has 0 amide bonds. The fourth-order valence-corrected chi connectivity index (χ4v) is 2.81. The molecular weight excluding hydrogens is 394 g/mol. The van der Waals surface area contributed by atoms with Crippen LogP contribution >= 0.6 is 23.8 Å². The molecule has 0 bridgehead atoms. The van der Waals surface area contributed by atoms with Gasteiger partial charge in [-0.2, -0.15) is 5.10 Å². The Labute approximate surface area is 176 Å². The van der Waals surface area contributed by atoms with Crippen LogP contribution < -0.4 is 20.2 Å². The van der Waals surface area contributed by atoms with Crippen molar-refractivity contribution in [1.29, 1.82) is 0 Å². The van der Waals surface area contributed by atoms with Crippen molar-refractivity contribution in [2.45, 2.75) is 20.0 Å². The van der Waals surface area contributed by atoms with Crippen LogP contribution in [-0.4, -0.2) is 25.0 Å². The lowest BCUT2D eigenvalue weighted by atomic mass is 10.1. The van der Waals surface area contributed by atoms with E-state index in [0.29, 0.717) is 34.7 Å². The molecule has 0 saturated carbocycles. The second-order valence-corrected chi connectivity index (χ2v) is 6.69. The van der Waals surface area contributed by atoms with E-state index in [1.165, 1.54) is 0 Å². The summed E-state index contributed by atoms with van der Waals surface area (Å²) in [6.07, 6.45) is 4.14. The molecule has 0 aromatic heterocycles. The summed E-state index contributed by atoms with van der Waals surface area (Å²) in [4.78, 5) is 0. The number of benzene rings is 2. The molecule has 0 aliphatic carbocycles. The van der Waals surface area contributed by atoms with Crippen molar-refractivity contribution in [2.24, 2.45) is 5.10 Å². The average Bonchev–Trinajstić information content (AvgIpc) is 2.68. The number of methoxy groups -OCH3 is 1. The predicted molar refractivity (Wildman–Crippen MR) is 120 cm³/mol. The summed E-state index contributed by atoms with van der Waals surface area (Å²) in [6, 6.07) is 11.4. The van der Waals surface area contributed by atoms with Crippen LogP contribution in [0.25, 0.3) is 0 Å². The van der Waals surface area contributed by atoms with Crippen LogP contribution in [0.5, 0.6) is 11.5 Å². The first-order valence-electron chi connectivity index (χ1n) is 8.83. The van der Waals surface area contributed by atoms with Crippen LogP contribution in [0.4, 0.5) is 0 Å². The molecular formula is C21H24ClN3O2S. The Kier molecular flexibility index (Phi) is 8.78. The Morgan fingerprint density at radius 3 is 2.68 bits per heavy atom. The topological polar surface area (TPSA) is 54.9 Å². The van der Waals surface area contributed by atoms with Gasteiger partial charge in [-0.3, -0.25) is 5.43 Å². The van der Waals surface area contributed by atoms with Gasteiger partial charge in [-0.25, -0.2) is 0 Å². The zero-order valence-corrected chi connectivity index (χ0v) is 17.6. The number of hydrogen-bond acceptors (Lipinski definition) is 4. The van der Waals surface area contributed by atoms with Crippen LogP contribution in [0.1, 0.15) is 23.6 Å². The van der Waals surface area contributed by atoms with E-state index in [4.69, 9.17) is 33.3 Å². The molecule has 0 aliphatic heterocycles. The minimum absolute atomic E-state index is 0.406. The molecule has 0 unspecified atom stereocenters. The minimum atomic E-state index is 0.406. The van der Waals surface area contributed by atoms with Crippen molar-refractivity contribution in [3.05, 3.63) is 70.8 Å². The molecule has 0 fully saturated rings. The smallest absolute Gasteiger partial charge is 0.186 e. The van der Waals surface area contributed by atoms with E-state index < -0.39 is 0 Å². The summed E-state index contributed by atoms with van der Waals surface area (Å²) in [5.74, 6) is 1.31. The Bertz CT molecular complexity index is 838. The van der Waals surface area contributed by atoms with Crippen LogP contribution in [0.15, 0.2) is 54.2 Å². The molecule has 2 aromatic carbocycles. The minimum Gasteiger partial charge on any atom is -0.493 e. The monoisotopic (exact) mass is 417 g/mol. The third-order valence-electron chi connectivity index (χ3n) is 3.75. The van der Waals surface area contributed by atoms with Gasteiger partial charge in [0.2, 0.25) is 0 Å². The normalized spacial score (nSPS) is 10.5. The first-order chi connectivity index (χ1) is 13.6. The van der Waals surface area contributed by atoms with Crippen molar-refractivity contribution in [3.8, 4) is 11.5 Å². The highest BCUT2D eigenvalue weighted by molar-refractivity contribution is 7.80. The van der Waals surface area contributed by atoms with Gasteiger partial charge in [0, 0.05) is 17.1 Å². The molecule has 0 aliphatic rings. The SMILES string of the molecule is C=CCc1cc(C=NNC(=S)NCC)cc(OC)c1OCc1ccc(Cl)cc1. The van der Waals surface area contributed by atoms with Gasteiger partial charge >= 0.3 is 0 Å². The molecule has 0 heterocycles. The lowest BCUT2D eigenvalue weighted by molar-refractivity contribution is 0.282. The maximum absolute atomic E-state index is 6.06. The molecule has 5 nitrogen and oxygen atoms in total. The number of allylic oxidation sites excluding steroid dienone is 1. The maximum Gasteiger partial charge on any atom is 0.186 e. The third kappa shape index (κ3) is 6.55. The van der Waals surface area contributed by atoms with Crippen molar-refractivity contribution in [3.63, 3.8) is 0 Å². The van der Waals surface area contributed by atoms with Crippen molar-refractivity contribution < 1.29 is 9.47 Å². The Hall–Kier alpha value is -2.57. The van der Waals surface area contributed by atoms with Crippen LogP contribution in [0, 0.1) is 0 Å². The van der Waals surface area contributed by atoms with E-state index in [0.717, 1.165) is 23.2 Å². The lowest BCUT2D eigenvalue weighted by Gasteiger charge is -2.16. The van der Waals surface area contributed by atoms with Gasteiger partial charge in [0.25, 0.3) is 0 Å². The van der Waals surface area contributed by atoms with E-state index in [1.807, 2.05) is 49.4 Å². The molecule has 0 atom stereocenters. The number of halogens is 1. The molecule has 2 N–H and O–H groups in total. The fourth-order valence-electron chi connectivity index (χ4n) is 2.48. The molecule has 148 valence electrons. The van der Waals surface area contributed by atoms with Crippen LogP contribution in [0.2, 0.25) is 5.02 Å².